The second-order valence-electron chi connectivity index (χ2n) is 4.57. The Morgan fingerprint density at radius 3 is 2.45 bits per heavy atom. The van der Waals surface area contributed by atoms with Crippen molar-refractivity contribution in [2.75, 3.05) is 0 Å². The molecule has 2 aromatic rings. The van der Waals surface area contributed by atoms with E-state index in [0.717, 1.165) is 15.2 Å². The maximum absolute atomic E-state index is 12.1. The molecule has 0 spiro atoms. The predicted molar refractivity (Wildman–Crippen MR) is 78.7 cm³/mol. The summed E-state index contributed by atoms with van der Waals surface area (Å²) in [7, 11) is 0. The summed E-state index contributed by atoms with van der Waals surface area (Å²) >= 11 is 3.41. The van der Waals surface area contributed by atoms with E-state index in [1.54, 1.807) is 0 Å². The molecule has 0 radical (unpaired) electrons. The Bertz CT molecular complexity index is 866. The van der Waals surface area contributed by atoms with E-state index in [1.165, 1.54) is 0 Å². The van der Waals surface area contributed by atoms with Gasteiger partial charge in [-0.1, -0.05) is 22.0 Å². The van der Waals surface area contributed by atoms with Crippen molar-refractivity contribution in [2.45, 2.75) is 6.42 Å². The first kappa shape index (κ1) is 12.6. The van der Waals surface area contributed by atoms with Crippen molar-refractivity contribution in [3.05, 3.63) is 51.5 Å². The number of rotatable bonds is 0. The van der Waals surface area contributed by atoms with Gasteiger partial charge in [-0.3, -0.25) is 4.79 Å². The quantitative estimate of drug-likeness (QED) is 0.689. The molecule has 20 heavy (non-hydrogen) atoms. The van der Waals surface area contributed by atoms with E-state index in [2.05, 4.69) is 15.9 Å². The fourth-order valence-corrected chi connectivity index (χ4v) is 2.86. The molecule has 3 nitrogen and oxygen atoms in total. The Kier molecular flexibility index (Phi) is 2.89. The number of fused-ring (bicyclic) bond motifs is 2. The van der Waals surface area contributed by atoms with E-state index in [4.69, 9.17) is 10.5 Å². The number of carbonyl (C=O) groups is 1. The van der Waals surface area contributed by atoms with Crippen molar-refractivity contribution in [2.24, 2.45) is 0 Å². The first-order chi connectivity index (χ1) is 9.63. The van der Waals surface area contributed by atoms with Crippen LogP contribution in [0.25, 0.3) is 16.3 Å². The summed E-state index contributed by atoms with van der Waals surface area (Å²) in [5.74, 6) is -0.0418. The molecule has 2 aromatic carbocycles. The van der Waals surface area contributed by atoms with Gasteiger partial charge in [0.05, 0.1) is 0 Å². The minimum atomic E-state index is -0.0418. The molecular formula is C16H7BrN2O. The summed E-state index contributed by atoms with van der Waals surface area (Å²) in [4.78, 5) is 12.1. The van der Waals surface area contributed by atoms with Gasteiger partial charge < -0.3 is 0 Å². The van der Waals surface area contributed by atoms with Crippen LogP contribution in [0.4, 0.5) is 0 Å². The number of nitriles is 2. The summed E-state index contributed by atoms with van der Waals surface area (Å²) in [6.45, 7) is 0. The van der Waals surface area contributed by atoms with Crippen molar-refractivity contribution in [3.63, 3.8) is 0 Å². The average molecular weight is 323 g/mol. The zero-order chi connectivity index (χ0) is 14.3. The van der Waals surface area contributed by atoms with E-state index in [-0.39, 0.29) is 17.8 Å². The fourth-order valence-electron chi connectivity index (χ4n) is 2.48. The third-order valence-corrected chi connectivity index (χ3v) is 3.92. The van der Waals surface area contributed by atoms with E-state index in [1.807, 2.05) is 42.5 Å². The molecule has 0 amide bonds. The highest BCUT2D eigenvalue weighted by Gasteiger charge is 2.27. The lowest BCUT2D eigenvalue weighted by Gasteiger charge is -2.04. The molecule has 0 N–H and O–H groups in total. The molecule has 4 heteroatoms. The molecule has 0 bridgehead atoms. The molecule has 1 aliphatic carbocycles. The molecule has 1 aliphatic rings. The number of allylic oxidation sites excluding steroid dienone is 2. The molecule has 0 atom stereocenters. The fraction of sp³-hybridized carbons (Fsp3) is 0.0625. The lowest BCUT2D eigenvalue weighted by atomic mass is 9.99. The van der Waals surface area contributed by atoms with E-state index in [9.17, 15) is 4.79 Å². The number of Topliss-reactive ketones (excluding diaryl/α,β-unsaturated/α-hetero) is 1. The number of hydrogen-bond acceptors (Lipinski definition) is 3. The maximum atomic E-state index is 12.1. The highest BCUT2D eigenvalue weighted by molar-refractivity contribution is 9.10. The zero-order valence-electron chi connectivity index (χ0n) is 10.3. The SMILES string of the molecule is N#CC(C#N)=C1CC(=O)c2cc3cc(Br)ccc3cc21. The number of halogens is 1. The Hall–Kier alpha value is -2.43. The summed E-state index contributed by atoms with van der Waals surface area (Å²) < 4.78 is 0.945. The Labute approximate surface area is 123 Å². The summed E-state index contributed by atoms with van der Waals surface area (Å²) in [5.41, 5.74) is 1.87. The molecule has 0 heterocycles. The minimum Gasteiger partial charge on any atom is -0.294 e. The van der Waals surface area contributed by atoms with Crippen molar-refractivity contribution in [1.82, 2.24) is 0 Å². The second-order valence-corrected chi connectivity index (χ2v) is 5.48. The molecule has 0 saturated heterocycles. The standard InChI is InChI=1S/C16H7BrN2O/c17-12-2-1-9-4-14-13(11(7-18)8-19)6-16(20)15(14)5-10(9)3-12/h1-5H,6H2. The van der Waals surface area contributed by atoms with Crippen LogP contribution in [0, 0.1) is 22.7 Å². The van der Waals surface area contributed by atoms with Crippen LogP contribution in [0.2, 0.25) is 0 Å². The van der Waals surface area contributed by atoms with Crippen LogP contribution in [-0.2, 0) is 0 Å². The molecule has 94 valence electrons. The average Bonchev–Trinajstić information content (AvgIpc) is 2.75. The third-order valence-electron chi connectivity index (χ3n) is 3.43. The molecule has 0 unspecified atom stereocenters. The maximum Gasteiger partial charge on any atom is 0.167 e. The summed E-state index contributed by atoms with van der Waals surface area (Å²) in [5, 5.41) is 19.9. The van der Waals surface area contributed by atoms with Crippen molar-refractivity contribution in [1.29, 1.82) is 10.5 Å². The van der Waals surface area contributed by atoms with E-state index < -0.39 is 0 Å². The smallest absolute Gasteiger partial charge is 0.167 e. The van der Waals surface area contributed by atoms with Gasteiger partial charge in [-0.25, -0.2) is 0 Å². The predicted octanol–water partition coefficient (Wildman–Crippen LogP) is 3.99. The number of nitrogens with zero attached hydrogens (tertiary/aromatic N) is 2. The van der Waals surface area contributed by atoms with Gasteiger partial charge >= 0.3 is 0 Å². The lowest BCUT2D eigenvalue weighted by Crippen LogP contribution is -1.90. The van der Waals surface area contributed by atoms with Gasteiger partial charge in [0.15, 0.2) is 5.78 Å². The first-order valence-electron chi connectivity index (χ1n) is 5.94. The Morgan fingerprint density at radius 2 is 1.75 bits per heavy atom. The van der Waals surface area contributed by atoms with Crippen molar-refractivity contribution in [3.8, 4) is 12.1 Å². The molecule has 0 aromatic heterocycles. The van der Waals surface area contributed by atoms with Crippen LogP contribution < -0.4 is 0 Å². The van der Waals surface area contributed by atoms with Gasteiger partial charge in [0, 0.05) is 16.5 Å². The lowest BCUT2D eigenvalue weighted by molar-refractivity contribution is 0.100. The largest absolute Gasteiger partial charge is 0.294 e. The van der Waals surface area contributed by atoms with Gasteiger partial charge in [-0.2, -0.15) is 10.5 Å². The highest BCUT2D eigenvalue weighted by Crippen LogP contribution is 2.37. The van der Waals surface area contributed by atoms with Crippen molar-refractivity contribution < 1.29 is 4.79 Å². The molecule has 0 fully saturated rings. The van der Waals surface area contributed by atoms with E-state index >= 15 is 0 Å². The topological polar surface area (TPSA) is 64.7 Å². The minimum absolute atomic E-state index is 0.0218. The van der Waals surface area contributed by atoms with Crippen LogP contribution in [0.15, 0.2) is 40.4 Å². The van der Waals surface area contributed by atoms with Gasteiger partial charge in [0.25, 0.3) is 0 Å². The van der Waals surface area contributed by atoms with Gasteiger partial charge in [-0.15, -0.1) is 0 Å². The first-order valence-corrected chi connectivity index (χ1v) is 6.73. The highest BCUT2D eigenvalue weighted by atomic mass is 79.9. The van der Waals surface area contributed by atoms with Crippen LogP contribution >= 0.6 is 15.9 Å². The number of benzene rings is 2. The Balaban J connectivity index is 2.36. The zero-order valence-corrected chi connectivity index (χ0v) is 11.9. The molecule has 0 saturated carbocycles. The second kappa shape index (κ2) is 4.59. The summed E-state index contributed by atoms with van der Waals surface area (Å²) in [6.07, 6.45) is 0.128. The number of hydrogen-bond donors (Lipinski definition) is 0. The third kappa shape index (κ3) is 1.82. The Morgan fingerprint density at radius 1 is 1.05 bits per heavy atom. The normalized spacial score (nSPS) is 12.9. The molecule has 0 aliphatic heterocycles. The van der Waals surface area contributed by atoms with Crippen LogP contribution in [0.3, 0.4) is 0 Å². The number of ketones is 1. The molecule has 3 rings (SSSR count). The van der Waals surface area contributed by atoms with Gasteiger partial charge in [0.2, 0.25) is 0 Å². The van der Waals surface area contributed by atoms with Crippen LogP contribution in [0.1, 0.15) is 22.3 Å². The monoisotopic (exact) mass is 322 g/mol. The number of carbonyl (C=O) groups excluding carboxylic acids is 1. The van der Waals surface area contributed by atoms with Crippen LogP contribution in [-0.4, -0.2) is 5.78 Å². The van der Waals surface area contributed by atoms with Gasteiger partial charge in [-0.05, 0) is 46.2 Å². The van der Waals surface area contributed by atoms with Gasteiger partial charge in [0.1, 0.15) is 17.7 Å². The molecular weight excluding hydrogens is 316 g/mol. The van der Waals surface area contributed by atoms with E-state index in [0.29, 0.717) is 16.7 Å². The van der Waals surface area contributed by atoms with Crippen LogP contribution in [0.5, 0.6) is 0 Å². The van der Waals surface area contributed by atoms with Crippen molar-refractivity contribution >= 4 is 38.1 Å². The summed E-state index contributed by atoms with van der Waals surface area (Å²) in [6, 6.07) is 13.3.